The summed E-state index contributed by atoms with van der Waals surface area (Å²) < 4.78 is 5.15. The van der Waals surface area contributed by atoms with Crippen LogP contribution in [-0.2, 0) is 6.42 Å². The summed E-state index contributed by atoms with van der Waals surface area (Å²) in [5.74, 6) is 1.55. The van der Waals surface area contributed by atoms with E-state index in [9.17, 15) is 9.90 Å². The molecule has 7 nitrogen and oxygen atoms in total. The molecule has 0 aliphatic carbocycles. The molecule has 7 heteroatoms. The number of amides is 1. The first-order chi connectivity index (χ1) is 13.1. The van der Waals surface area contributed by atoms with Crippen LogP contribution >= 0.6 is 0 Å². The summed E-state index contributed by atoms with van der Waals surface area (Å²) in [6.45, 7) is 5.45. The van der Waals surface area contributed by atoms with Gasteiger partial charge >= 0.3 is 0 Å². The highest BCUT2D eigenvalue weighted by Gasteiger charge is 2.22. The molecule has 0 bridgehead atoms. The Morgan fingerprint density at radius 1 is 1.37 bits per heavy atom. The summed E-state index contributed by atoms with van der Waals surface area (Å²) in [6, 6.07) is 3.79. The Morgan fingerprint density at radius 3 is 2.89 bits per heavy atom. The number of hydrogen-bond donors (Lipinski definition) is 2. The molecule has 2 aromatic heterocycles. The van der Waals surface area contributed by atoms with E-state index in [1.54, 1.807) is 12.3 Å². The standard InChI is InChI=1S/C20H28N4O3/c1-14-18(15(2)27-23-14)7-5-10-21-20(26)16-8-9-19(22-12-16)24-11-4-3-6-17(24)13-25/h8-9,12,17,25H,3-7,10-11,13H2,1-2H3,(H,21,26)/t17-/m0/s1. The van der Waals surface area contributed by atoms with Gasteiger partial charge in [-0.2, -0.15) is 0 Å². The number of rotatable bonds is 7. The number of nitrogens with one attached hydrogen (secondary N) is 1. The highest BCUT2D eigenvalue weighted by atomic mass is 16.5. The molecule has 0 spiro atoms. The molecule has 0 aromatic carbocycles. The van der Waals surface area contributed by atoms with Gasteiger partial charge in [-0.3, -0.25) is 4.79 Å². The maximum atomic E-state index is 12.3. The Hall–Kier alpha value is -2.41. The third kappa shape index (κ3) is 4.66. The molecule has 0 unspecified atom stereocenters. The molecule has 1 atom stereocenters. The van der Waals surface area contributed by atoms with Crippen LogP contribution in [0.2, 0.25) is 0 Å². The minimum atomic E-state index is -0.120. The summed E-state index contributed by atoms with van der Waals surface area (Å²) >= 11 is 0. The van der Waals surface area contributed by atoms with E-state index in [1.165, 1.54) is 0 Å². The molecule has 2 N–H and O–H groups in total. The molecule has 1 aliphatic heterocycles. The van der Waals surface area contributed by atoms with E-state index < -0.39 is 0 Å². The number of anilines is 1. The molecule has 0 saturated carbocycles. The van der Waals surface area contributed by atoms with Crippen molar-refractivity contribution in [3.8, 4) is 0 Å². The van der Waals surface area contributed by atoms with Crippen LogP contribution in [0.15, 0.2) is 22.9 Å². The Labute approximate surface area is 159 Å². The van der Waals surface area contributed by atoms with Crippen LogP contribution in [0, 0.1) is 13.8 Å². The first kappa shape index (κ1) is 19.4. The number of pyridine rings is 1. The molecular weight excluding hydrogens is 344 g/mol. The van der Waals surface area contributed by atoms with Gasteiger partial charge in [-0.15, -0.1) is 0 Å². The molecule has 146 valence electrons. The zero-order valence-corrected chi connectivity index (χ0v) is 16.1. The summed E-state index contributed by atoms with van der Waals surface area (Å²) in [5, 5.41) is 16.4. The van der Waals surface area contributed by atoms with Crippen molar-refractivity contribution in [3.63, 3.8) is 0 Å². The number of piperidine rings is 1. The Morgan fingerprint density at radius 2 is 2.22 bits per heavy atom. The highest BCUT2D eigenvalue weighted by Crippen LogP contribution is 2.23. The fraction of sp³-hybridized carbons (Fsp3) is 0.550. The lowest BCUT2D eigenvalue weighted by molar-refractivity contribution is 0.0953. The largest absolute Gasteiger partial charge is 0.394 e. The average molecular weight is 372 g/mol. The number of carbonyl (C=O) groups is 1. The minimum Gasteiger partial charge on any atom is -0.394 e. The topological polar surface area (TPSA) is 91.5 Å². The first-order valence-corrected chi connectivity index (χ1v) is 9.63. The number of aliphatic hydroxyl groups excluding tert-OH is 1. The van der Waals surface area contributed by atoms with Crippen molar-refractivity contribution in [1.82, 2.24) is 15.5 Å². The van der Waals surface area contributed by atoms with Crippen LogP contribution in [0.3, 0.4) is 0 Å². The van der Waals surface area contributed by atoms with Crippen LogP contribution in [0.25, 0.3) is 0 Å². The van der Waals surface area contributed by atoms with Crippen LogP contribution in [0.1, 0.15) is 53.1 Å². The fourth-order valence-corrected chi connectivity index (χ4v) is 3.61. The van der Waals surface area contributed by atoms with Gasteiger partial charge in [0.2, 0.25) is 0 Å². The van der Waals surface area contributed by atoms with Crippen LogP contribution < -0.4 is 10.2 Å². The van der Waals surface area contributed by atoms with Gasteiger partial charge in [0.25, 0.3) is 5.91 Å². The zero-order chi connectivity index (χ0) is 19.2. The Balaban J connectivity index is 1.50. The van der Waals surface area contributed by atoms with Crippen molar-refractivity contribution in [2.24, 2.45) is 0 Å². The Kier molecular flexibility index (Phi) is 6.45. The van der Waals surface area contributed by atoms with E-state index in [2.05, 4.69) is 20.4 Å². The molecule has 1 saturated heterocycles. The lowest BCUT2D eigenvalue weighted by Crippen LogP contribution is -2.42. The monoisotopic (exact) mass is 372 g/mol. The van der Waals surface area contributed by atoms with Gasteiger partial charge in [0.1, 0.15) is 11.6 Å². The minimum absolute atomic E-state index is 0.120. The van der Waals surface area contributed by atoms with E-state index in [4.69, 9.17) is 4.52 Å². The molecule has 0 radical (unpaired) electrons. The molecule has 1 amide bonds. The van der Waals surface area contributed by atoms with E-state index in [-0.39, 0.29) is 18.6 Å². The molecule has 27 heavy (non-hydrogen) atoms. The van der Waals surface area contributed by atoms with Crippen molar-refractivity contribution in [3.05, 3.63) is 40.9 Å². The lowest BCUT2D eigenvalue weighted by atomic mass is 10.0. The summed E-state index contributed by atoms with van der Waals surface area (Å²) in [6.07, 6.45) is 6.48. The Bertz CT molecular complexity index is 738. The maximum absolute atomic E-state index is 12.3. The quantitative estimate of drug-likeness (QED) is 0.725. The zero-order valence-electron chi connectivity index (χ0n) is 16.1. The van der Waals surface area contributed by atoms with Crippen LogP contribution in [0.4, 0.5) is 5.82 Å². The number of aryl methyl sites for hydroxylation is 2. The number of aliphatic hydroxyl groups is 1. The predicted molar refractivity (Wildman–Crippen MR) is 103 cm³/mol. The summed E-state index contributed by atoms with van der Waals surface area (Å²) in [5.41, 5.74) is 2.58. The maximum Gasteiger partial charge on any atom is 0.252 e. The molecule has 3 heterocycles. The smallest absolute Gasteiger partial charge is 0.252 e. The van der Waals surface area contributed by atoms with Crippen molar-refractivity contribution < 1.29 is 14.4 Å². The van der Waals surface area contributed by atoms with Gasteiger partial charge in [-0.25, -0.2) is 4.98 Å². The van der Waals surface area contributed by atoms with Gasteiger partial charge in [0, 0.05) is 24.8 Å². The van der Waals surface area contributed by atoms with Crippen LogP contribution in [-0.4, -0.2) is 46.9 Å². The fourth-order valence-electron chi connectivity index (χ4n) is 3.61. The van der Waals surface area contributed by atoms with E-state index in [0.717, 1.165) is 61.5 Å². The van der Waals surface area contributed by atoms with E-state index in [0.29, 0.717) is 12.1 Å². The van der Waals surface area contributed by atoms with Crippen molar-refractivity contribution in [2.45, 2.75) is 52.0 Å². The number of nitrogens with zero attached hydrogens (tertiary/aromatic N) is 3. The van der Waals surface area contributed by atoms with Crippen molar-refractivity contribution in [1.29, 1.82) is 0 Å². The van der Waals surface area contributed by atoms with E-state index >= 15 is 0 Å². The van der Waals surface area contributed by atoms with Gasteiger partial charge in [0.15, 0.2) is 0 Å². The summed E-state index contributed by atoms with van der Waals surface area (Å²) in [4.78, 5) is 18.9. The molecule has 1 aliphatic rings. The van der Waals surface area contributed by atoms with Crippen molar-refractivity contribution >= 4 is 11.7 Å². The second kappa shape index (κ2) is 8.99. The first-order valence-electron chi connectivity index (χ1n) is 9.63. The molecule has 3 rings (SSSR count). The van der Waals surface area contributed by atoms with Gasteiger partial charge in [-0.1, -0.05) is 5.16 Å². The second-order valence-electron chi connectivity index (χ2n) is 7.09. The SMILES string of the molecule is Cc1noc(C)c1CCCNC(=O)c1ccc(N2CCCC[C@H]2CO)nc1. The van der Waals surface area contributed by atoms with Gasteiger partial charge in [0.05, 0.1) is 23.9 Å². The van der Waals surface area contributed by atoms with Crippen molar-refractivity contribution in [2.75, 3.05) is 24.6 Å². The van der Waals surface area contributed by atoms with Crippen LogP contribution in [0.5, 0.6) is 0 Å². The molecular formula is C20H28N4O3. The average Bonchev–Trinajstić information content (AvgIpc) is 3.03. The second-order valence-corrected chi connectivity index (χ2v) is 7.09. The predicted octanol–water partition coefficient (Wildman–Crippen LogP) is 2.40. The normalized spacial score (nSPS) is 17.1. The lowest BCUT2D eigenvalue weighted by Gasteiger charge is -2.35. The molecule has 1 fully saturated rings. The molecule has 2 aromatic rings. The third-order valence-corrected chi connectivity index (χ3v) is 5.21. The number of hydrogen-bond acceptors (Lipinski definition) is 6. The van der Waals surface area contributed by atoms with E-state index in [1.807, 2.05) is 19.9 Å². The number of carbonyl (C=O) groups excluding carboxylic acids is 1. The van der Waals surface area contributed by atoms with Gasteiger partial charge < -0.3 is 19.8 Å². The number of aromatic nitrogens is 2. The van der Waals surface area contributed by atoms with Gasteiger partial charge in [-0.05, 0) is 58.1 Å². The summed E-state index contributed by atoms with van der Waals surface area (Å²) in [7, 11) is 0. The highest BCUT2D eigenvalue weighted by molar-refractivity contribution is 5.94. The third-order valence-electron chi connectivity index (χ3n) is 5.21.